The molecule has 6 heteroatoms. The predicted molar refractivity (Wildman–Crippen MR) is 79.8 cm³/mol. The van der Waals surface area contributed by atoms with E-state index in [0.717, 1.165) is 0 Å². The SMILES string of the molecule is CC(C)CNC(=O)COC(=O)CCOc1ccccc1N. The van der Waals surface area contributed by atoms with Crippen LogP contribution in [0.4, 0.5) is 5.69 Å². The lowest BCUT2D eigenvalue weighted by Crippen LogP contribution is -2.31. The van der Waals surface area contributed by atoms with Crippen LogP contribution in [0.3, 0.4) is 0 Å². The van der Waals surface area contributed by atoms with Crippen LogP contribution in [0, 0.1) is 5.92 Å². The van der Waals surface area contributed by atoms with Crippen molar-refractivity contribution in [3.63, 3.8) is 0 Å². The topological polar surface area (TPSA) is 90.6 Å². The van der Waals surface area contributed by atoms with Crippen molar-refractivity contribution in [3.05, 3.63) is 24.3 Å². The third-order valence-electron chi connectivity index (χ3n) is 2.55. The van der Waals surface area contributed by atoms with Crippen LogP contribution < -0.4 is 15.8 Å². The van der Waals surface area contributed by atoms with Gasteiger partial charge in [0.25, 0.3) is 5.91 Å². The molecular weight excluding hydrogens is 272 g/mol. The van der Waals surface area contributed by atoms with Gasteiger partial charge in [0.1, 0.15) is 5.75 Å². The molecule has 6 nitrogen and oxygen atoms in total. The first-order valence-electron chi connectivity index (χ1n) is 6.88. The van der Waals surface area contributed by atoms with Gasteiger partial charge in [-0.15, -0.1) is 0 Å². The first kappa shape index (κ1) is 16.8. The van der Waals surface area contributed by atoms with E-state index < -0.39 is 5.97 Å². The van der Waals surface area contributed by atoms with Gasteiger partial charge in [-0.1, -0.05) is 26.0 Å². The van der Waals surface area contributed by atoms with Crippen molar-refractivity contribution in [3.8, 4) is 5.75 Å². The highest BCUT2D eigenvalue weighted by molar-refractivity contribution is 5.80. The van der Waals surface area contributed by atoms with Crippen molar-refractivity contribution >= 4 is 17.6 Å². The van der Waals surface area contributed by atoms with Crippen LogP contribution in [0.2, 0.25) is 0 Å². The number of para-hydroxylation sites is 2. The van der Waals surface area contributed by atoms with Gasteiger partial charge in [-0.05, 0) is 18.1 Å². The first-order chi connectivity index (χ1) is 9.99. The van der Waals surface area contributed by atoms with Gasteiger partial charge >= 0.3 is 5.97 Å². The summed E-state index contributed by atoms with van der Waals surface area (Å²) >= 11 is 0. The van der Waals surface area contributed by atoms with Crippen LogP contribution in [0.15, 0.2) is 24.3 Å². The van der Waals surface area contributed by atoms with Crippen LogP contribution >= 0.6 is 0 Å². The summed E-state index contributed by atoms with van der Waals surface area (Å²) in [5.74, 6) is 0.101. The fourth-order valence-corrected chi connectivity index (χ4v) is 1.44. The summed E-state index contributed by atoms with van der Waals surface area (Å²) in [4.78, 5) is 22.8. The van der Waals surface area contributed by atoms with Crippen molar-refractivity contribution in [1.29, 1.82) is 0 Å². The fourth-order valence-electron chi connectivity index (χ4n) is 1.44. The van der Waals surface area contributed by atoms with Gasteiger partial charge in [0.05, 0.1) is 18.7 Å². The molecule has 0 spiro atoms. The quantitative estimate of drug-likeness (QED) is 0.558. The number of ether oxygens (including phenoxy) is 2. The highest BCUT2D eigenvalue weighted by Crippen LogP contribution is 2.19. The maximum atomic E-state index is 11.4. The highest BCUT2D eigenvalue weighted by atomic mass is 16.5. The summed E-state index contributed by atoms with van der Waals surface area (Å²) in [7, 11) is 0. The molecule has 0 unspecified atom stereocenters. The number of amides is 1. The molecule has 0 saturated heterocycles. The summed E-state index contributed by atoms with van der Waals surface area (Å²) in [5, 5.41) is 2.66. The van der Waals surface area contributed by atoms with E-state index in [0.29, 0.717) is 23.9 Å². The number of carbonyl (C=O) groups is 2. The number of rotatable bonds is 8. The van der Waals surface area contributed by atoms with Gasteiger partial charge in [0, 0.05) is 6.54 Å². The van der Waals surface area contributed by atoms with Crippen LogP contribution in [0.5, 0.6) is 5.75 Å². The number of nitrogens with two attached hydrogens (primary N) is 1. The Kier molecular flexibility index (Phi) is 7.08. The van der Waals surface area contributed by atoms with Gasteiger partial charge in [-0.25, -0.2) is 0 Å². The molecule has 0 aromatic heterocycles. The molecule has 21 heavy (non-hydrogen) atoms. The molecule has 1 rings (SSSR count). The molecule has 0 aliphatic rings. The van der Waals surface area contributed by atoms with Crippen LogP contribution in [-0.4, -0.2) is 31.6 Å². The summed E-state index contributed by atoms with van der Waals surface area (Å²) in [5.41, 5.74) is 6.21. The predicted octanol–water partition coefficient (Wildman–Crippen LogP) is 1.35. The average molecular weight is 294 g/mol. The molecule has 1 amide bonds. The van der Waals surface area contributed by atoms with E-state index >= 15 is 0 Å². The van der Waals surface area contributed by atoms with E-state index in [2.05, 4.69) is 5.32 Å². The Morgan fingerprint density at radius 2 is 2.00 bits per heavy atom. The lowest BCUT2D eigenvalue weighted by molar-refractivity contribution is -0.149. The monoisotopic (exact) mass is 294 g/mol. The molecule has 1 aromatic carbocycles. The molecule has 0 saturated carbocycles. The van der Waals surface area contributed by atoms with Crippen molar-refractivity contribution in [2.24, 2.45) is 5.92 Å². The Balaban J connectivity index is 2.17. The lowest BCUT2D eigenvalue weighted by atomic mass is 10.2. The Hall–Kier alpha value is -2.24. The number of carbonyl (C=O) groups excluding carboxylic acids is 2. The maximum Gasteiger partial charge on any atom is 0.309 e. The Labute approximate surface area is 124 Å². The highest BCUT2D eigenvalue weighted by Gasteiger charge is 2.08. The van der Waals surface area contributed by atoms with Crippen LogP contribution in [0.1, 0.15) is 20.3 Å². The number of hydrogen-bond donors (Lipinski definition) is 2. The average Bonchev–Trinajstić information content (AvgIpc) is 2.45. The van der Waals surface area contributed by atoms with Crippen molar-refractivity contribution < 1.29 is 19.1 Å². The molecule has 0 heterocycles. The van der Waals surface area contributed by atoms with E-state index in [1.165, 1.54) is 0 Å². The molecule has 3 N–H and O–H groups in total. The standard InChI is InChI=1S/C15H22N2O4/c1-11(2)9-17-14(18)10-21-15(19)7-8-20-13-6-4-3-5-12(13)16/h3-6,11H,7-10,16H2,1-2H3,(H,17,18). The van der Waals surface area contributed by atoms with E-state index in [4.69, 9.17) is 15.2 Å². The van der Waals surface area contributed by atoms with Gasteiger partial charge in [0.15, 0.2) is 6.61 Å². The number of hydrogen-bond acceptors (Lipinski definition) is 5. The maximum absolute atomic E-state index is 11.4. The van der Waals surface area contributed by atoms with Gasteiger partial charge in [0.2, 0.25) is 0 Å². The smallest absolute Gasteiger partial charge is 0.309 e. The third-order valence-corrected chi connectivity index (χ3v) is 2.55. The number of nitrogen functional groups attached to an aromatic ring is 1. The Morgan fingerprint density at radius 3 is 2.67 bits per heavy atom. The molecule has 0 bridgehead atoms. The molecule has 0 radical (unpaired) electrons. The zero-order valence-corrected chi connectivity index (χ0v) is 12.4. The largest absolute Gasteiger partial charge is 0.491 e. The second-order valence-electron chi connectivity index (χ2n) is 4.99. The van der Waals surface area contributed by atoms with Crippen LogP contribution in [-0.2, 0) is 14.3 Å². The number of anilines is 1. The zero-order chi connectivity index (χ0) is 15.7. The summed E-state index contributed by atoms with van der Waals surface area (Å²) in [6.07, 6.45) is 0.0613. The molecular formula is C15H22N2O4. The Morgan fingerprint density at radius 1 is 1.29 bits per heavy atom. The number of nitrogens with one attached hydrogen (secondary N) is 1. The van der Waals surface area contributed by atoms with Crippen molar-refractivity contribution in [2.75, 3.05) is 25.5 Å². The third kappa shape index (κ3) is 7.20. The number of esters is 1. The van der Waals surface area contributed by atoms with E-state index in [1.54, 1.807) is 24.3 Å². The minimum absolute atomic E-state index is 0.0613. The molecule has 1 aromatic rings. The van der Waals surface area contributed by atoms with E-state index in [1.807, 2.05) is 13.8 Å². The van der Waals surface area contributed by atoms with Crippen LogP contribution in [0.25, 0.3) is 0 Å². The zero-order valence-electron chi connectivity index (χ0n) is 12.4. The minimum Gasteiger partial charge on any atom is -0.491 e. The normalized spacial score (nSPS) is 10.2. The van der Waals surface area contributed by atoms with E-state index in [9.17, 15) is 9.59 Å². The first-order valence-corrected chi connectivity index (χ1v) is 6.88. The molecule has 0 fully saturated rings. The van der Waals surface area contributed by atoms with Gasteiger partial charge in [-0.2, -0.15) is 0 Å². The van der Waals surface area contributed by atoms with Crippen molar-refractivity contribution in [2.45, 2.75) is 20.3 Å². The molecule has 0 aliphatic heterocycles. The van der Waals surface area contributed by atoms with Gasteiger partial charge in [-0.3, -0.25) is 9.59 Å². The van der Waals surface area contributed by atoms with Gasteiger partial charge < -0.3 is 20.5 Å². The Bertz CT molecular complexity index is 474. The summed E-state index contributed by atoms with van der Waals surface area (Å²) < 4.78 is 10.2. The fraction of sp³-hybridized carbons (Fsp3) is 0.467. The van der Waals surface area contributed by atoms with E-state index in [-0.39, 0.29) is 25.5 Å². The molecule has 0 atom stereocenters. The summed E-state index contributed by atoms with van der Waals surface area (Å²) in [6, 6.07) is 7.03. The second-order valence-corrected chi connectivity index (χ2v) is 4.99. The molecule has 116 valence electrons. The summed E-state index contributed by atoms with van der Waals surface area (Å²) in [6.45, 7) is 4.42. The lowest BCUT2D eigenvalue weighted by Gasteiger charge is -2.09. The molecule has 0 aliphatic carbocycles. The minimum atomic E-state index is -0.482. The number of benzene rings is 1. The second kappa shape index (κ2) is 8.84. The van der Waals surface area contributed by atoms with Crippen molar-refractivity contribution in [1.82, 2.24) is 5.32 Å².